The lowest BCUT2D eigenvalue weighted by atomic mass is 10.2. The molecule has 25 heavy (non-hydrogen) atoms. The highest BCUT2D eigenvalue weighted by atomic mass is 35.5. The van der Waals surface area contributed by atoms with E-state index in [4.69, 9.17) is 35.4 Å². The molecular weight excluding hydrogens is 373 g/mol. The second-order valence-electron chi connectivity index (χ2n) is 6.31. The number of nitrogens with zero attached hydrogens (tertiary/aromatic N) is 2. The number of hydrogen-bond donors (Lipinski definition) is 1. The summed E-state index contributed by atoms with van der Waals surface area (Å²) in [7, 11) is 0. The van der Waals surface area contributed by atoms with Crippen LogP contribution in [0.4, 0.5) is 5.69 Å². The van der Waals surface area contributed by atoms with E-state index in [-0.39, 0.29) is 0 Å². The first-order valence-electron chi connectivity index (χ1n) is 8.30. The maximum atomic E-state index is 6.10. The predicted molar refractivity (Wildman–Crippen MR) is 111 cm³/mol. The highest BCUT2D eigenvalue weighted by Gasteiger charge is 2.19. The Hall–Kier alpha value is -1.33. The fourth-order valence-corrected chi connectivity index (χ4v) is 3.55. The molecule has 0 unspecified atom stereocenters. The summed E-state index contributed by atoms with van der Waals surface area (Å²) >= 11 is 17.6. The first-order valence-corrected chi connectivity index (χ1v) is 9.46. The first-order chi connectivity index (χ1) is 12.0. The minimum absolute atomic E-state index is 0.600. The number of aryl methyl sites for hydroxylation is 1. The van der Waals surface area contributed by atoms with Crippen molar-refractivity contribution in [1.29, 1.82) is 0 Å². The number of benzene rings is 2. The lowest BCUT2D eigenvalue weighted by Crippen LogP contribution is -2.49. The van der Waals surface area contributed by atoms with Gasteiger partial charge in [-0.1, -0.05) is 41.4 Å². The zero-order valence-corrected chi connectivity index (χ0v) is 16.5. The minimum atomic E-state index is 0.600. The van der Waals surface area contributed by atoms with E-state index in [0.29, 0.717) is 10.0 Å². The summed E-state index contributed by atoms with van der Waals surface area (Å²) in [6.07, 6.45) is 0. The summed E-state index contributed by atoms with van der Waals surface area (Å²) in [6.45, 7) is 6.72. The molecule has 1 heterocycles. The maximum Gasteiger partial charge on any atom is 0.173 e. The predicted octanol–water partition coefficient (Wildman–Crippen LogP) is 4.82. The van der Waals surface area contributed by atoms with E-state index in [1.54, 1.807) is 0 Å². The van der Waals surface area contributed by atoms with E-state index < -0.39 is 0 Å². The zero-order valence-electron chi connectivity index (χ0n) is 14.1. The third-order valence-electron chi connectivity index (χ3n) is 4.32. The van der Waals surface area contributed by atoms with E-state index in [9.17, 15) is 0 Å². The third-order valence-corrected chi connectivity index (χ3v) is 5.42. The van der Waals surface area contributed by atoms with Gasteiger partial charge in [0.15, 0.2) is 5.11 Å². The smallest absolute Gasteiger partial charge is 0.173 e. The normalized spacial score (nSPS) is 15.2. The molecule has 1 saturated heterocycles. The van der Waals surface area contributed by atoms with Crippen LogP contribution in [0.3, 0.4) is 0 Å². The Morgan fingerprint density at radius 3 is 2.48 bits per heavy atom. The second kappa shape index (κ2) is 8.37. The van der Waals surface area contributed by atoms with Crippen molar-refractivity contribution in [3.05, 3.63) is 63.6 Å². The molecule has 132 valence electrons. The summed E-state index contributed by atoms with van der Waals surface area (Å²) in [6, 6.07) is 14.1. The van der Waals surface area contributed by atoms with Gasteiger partial charge in [0.1, 0.15) is 0 Å². The van der Waals surface area contributed by atoms with Gasteiger partial charge in [-0.3, -0.25) is 4.90 Å². The van der Waals surface area contributed by atoms with E-state index in [1.165, 1.54) is 11.1 Å². The Kier molecular flexibility index (Phi) is 6.18. The quantitative estimate of drug-likeness (QED) is 0.753. The Bertz CT molecular complexity index is 758. The number of hydrogen-bond acceptors (Lipinski definition) is 2. The van der Waals surface area contributed by atoms with Crippen LogP contribution in [0.5, 0.6) is 0 Å². The molecule has 3 nitrogen and oxygen atoms in total. The number of rotatable bonds is 3. The molecule has 1 aliphatic rings. The average molecular weight is 394 g/mol. The molecule has 1 fully saturated rings. The van der Waals surface area contributed by atoms with Gasteiger partial charge in [-0.25, -0.2) is 0 Å². The molecule has 0 saturated carbocycles. The molecular formula is C19H21Cl2N3S. The number of nitrogens with one attached hydrogen (secondary N) is 1. The minimum Gasteiger partial charge on any atom is -0.346 e. The van der Waals surface area contributed by atoms with E-state index in [1.807, 2.05) is 30.3 Å². The van der Waals surface area contributed by atoms with Gasteiger partial charge >= 0.3 is 0 Å². The molecule has 0 amide bonds. The van der Waals surface area contributed by atoms with Crippen molar-refractivity contribution in [3.63, 3.8) is 0 Å². The highest BCUT2D eigenvalue weighted by Crippen LogP contribution is 2.23. The van der Waals surface area contributed by atoms with E-state index >= 15 is 0 Å². The third kappa shape index (κ3) is 5.08. The standard InChI is InChI=1S/C19H21Cl2N3S/c1-14-3-2-4-16(11-14)22-19(25)24-9-7-23(8-10-24)13-15-5-6-17(20)18(21)12-15/h2-6,11-12H,7-10,13H2,1H3,(H,22,25). The first kappa shape index (κ1) is 18.5. The molecule has 0 aromatic heterocycles. The van der Waals surface area contributed by atoms with Gasteiger partial charge in [-0.2, -0.15) is 0 Å². The van der Waals surface area contributed by atoms with Crippen LogP contribution in [0.25, 0.3) is 0 Å². The molecule has 0 radical (unpaired) electrons. The molecule has 0 atom stereocenters. The van der Waals surface area contributed by atoms with Crippen LogP contribution < -0.4 is 5.32 Å². The highest BCUT2D eigenvalue weighted by molar-refractivity contribution is 7.80. The maximum absolute atomic E-state index is 6.10. The largest absolute Gasteiger partial charge is 0.346 e. The van der Waals surface area contributed by atoms with Gasteiger partial charge in [0.25, 0.3) is 0 Å². The van der Waals surface area contributed by atoms with Gasteiger partial charge in [0.05, 0.1) is 10.0 Å². The molecule has 3 rings (SSSR count). The summed E-state index contributed by atoms with van der Waals surface area (Å²) in [4.78, 5) is 4.63. The second-order valence-corrected chi connectivity index (χ2v) is 7.51. The van der Waals surface area contributed by atoms with Crippen molar-refractivity contribution >= 4 is 46.2 Å². The molecule has 1 aliphatic heterocycles. The van der Waals surface area contributed by atoms with Gasteiger partial charge in [-0.05, 0) is 54.5 Å². The number of halogens is 2. The number of anilines is 1. The van der Waals surface area contributed by atoms with Crippen LogP contribution in [0.15, 0.2) is 42.5 Å². The van der Waals surface area contributed by atoms with Crippen LogP contribution in [0.2, 0.25) is 10.0 Å². The van der Waals surface area contributed by atoms with Crippen LogP contribution in [0.1, 0.15) is 11.1 Å². The van der Waals surface area contributed by atoms with Gasteiger partial charge < -0.3 is 10.2 Å². The Balaban J connectivity index is 1.51. The van der Waals surface area contributed by atoms with Gasteiger partial charge in [0, 0.05) is 38.4 Å². The van der Waals surface area contributed by atoms with Crippen LogP contribution in [-0.2, 0) is 6.54 Å². The molecule has 0 bridgehead atoms. The fourth-order valence-electron chi connectivity index (χ4n) is 2.93. The average Bonchev–Trinajstić information content (AvgIpc) is 2.59. The van der Waals surface area contributed by atoms with Gasteiger partial charge in [0.2, 0.25) is 0 Å². The zero-order chi connectivity index (χ0) is 17.8. The summed E-state index contributed by atoms with van der Waals surface area (Å²) in [5, 5.41) is 5.34. The van der Waals surface area contributed by atoms with Crippen molar-refractivity contribution in [2.45, 2.75) is 13.5 Å². The van der Waals surface area contributed by atoms with E-state index in [2.05, 4.69) is 34.2 Å². The number of thiocarbonyl (C=S) groups is 1. The summed E-state index contributed by atoms with van der Waals surface area (Å²) in [5.41, 5.74) is 3.45. The van der Waals surface area contributed by atoms with Crippen LogP contribution in [0, 0.1) is 6.92 Å². The fraction of sp³-hybridized carbons (Fsp3) is 0.316. The molecule has 0 spiro atoms. The van der Waals surface area contributed by atoms with E-state index in [0.717, 1.165) is 43.5 Å². The van der Waals surface area contributed by atoms with Crippen LogP contribution >= 0.6 is 35.4 Å². The Morgan fingerprint density at radius 1 is 1.04 bits per heavy atom. The number of piperazine rings is 1. The lowest BCUT2D eigenvalue weighted by Gasteiger charge is -2.36. The topological polar surface area (TPSA) is 18.5 Å². The van der Waals surface area contributed by atoms with Crippen LogP contribution in [-0.4, -0.2) is 41.1 Å². The SMILES string of the molecule is Cc1cccc(NC(=S)N2CCN(Cc3ccc(Cl)c(Cl)c3)CC2)c1. The Labute approximate surface area is 164 Å². The van der Waals surface area contributed by atoms with Crippen molar-refractivity contribution in [2.24, 2.45) is 0 Å². The van der Waals surface area contributed by atoms with Crippen molar-refractivity contribution in [2.75, 3.05) is 31.5 Å². The molecule has 0 aliphatic carbocycles. The van der Waals surface area contributed by atoms with Crippen molar-refractivity contribution < 1.29 is 0 Å². The summed E-state index contributed by atoms with van der Waals surface area (Å²) < 4.78 is 0. The summed E-state index contributed by atoms with van der Waals surface area (Å²) in [5.74, 6) is 0. The molecule has 6 heteroatoms. The van der Waals surface area contributed by atoms with Crippen molar-refractivity contribution in [3.8, 4) is 0 Å². The monoisotopic (exact) mass is 393 g/mol. The van der Waals surface area contributed by atoms with Crippen molar-refractivity contribution in [1.82, 2.24) is 9.80 Å². The lowest BCUT2D eigenvalue weighted by molar-refractivity contribution is 0.177. The molecule has 2 aromatic rings. The molecule has 1 N–H and O–H groups in total. The Morgan fingerprint density at radius 2 is 1.80 bits per heavy atom. The molecule has 2 aromatic carbocycles. The van der Waals surface area contributed by atoms with Gasteiger partial charge in [-0.15, -0.1) is 0 Å².